The minimum atomic E-state index is -0.694. The van der Waals surface area contributed by atoms with Gasteiger partial charge in [0, 0.05) is 7.77 Å². The first-order chi connectivity index (χ1) is 4.22. The van der Waals surface area contributed by atoms with Crippen LogP contribution in [0, 0.1) is 0 Å². The molecular weight excluding hydrogens is 104 g/mol. The van der Waals surface area contributed by atoms with E-state index in [4.69, 9.17) is 7.21 Å². The number of hydrazine groups is 1. The maximum atomic E-state index is 10.5. The number of carbonyl (C=O) groups excluding carboxylic acids is 1. The molecule has 0 bridgehead atoms. The Hall–Kier alpha value is -0.570. The molecule has 1 amide bonds. The van der Waals surface area contributed by atoms with Gasteiger partial charge in [-0.05, 0) is 6.42 Å². The van der Waals surface area contributed by atoms with Gasteiger partial charge >= 0.3 is 0 Å². The summed E-state index contributed by atoms with van der Waals surface area (Å²) in [6.07, 6.45) is 0.713. The molecule has 8 heavy (non-hydrogen) atoms. The molecule has 0 aliphatic rings. The van der Waals surface area contributed by atoms with E-state index in [2.05, 4.69) is 0 Å². The first-order valence-corrected chi connectivity index (χ1v) is 2.65. The van der Waals surface area contributed by atoms with Crippen LogP contribution in [-0.4, -0.2) is 5.91 Å². The number of nitrogens with two attached hydrogens (primary N) is 1. The van der Waals surface area contributed by atoms with Gasteiger partial charge in [-0.15, -0.1) is 0 Å². The second-order valence-corrected chi connectivity index (χ2v) is 1.50. The van der Waals surface area contributed by atoms with E-state index in [1.807, 2.05) is 12.3 Å². The van der Waals surface area contributed by atoms with Crippen LogP contribution in [0.15, 0.2) is 0 Å². The van der Waals surface area contributed by atoms with E-state index in [9.17, 15) is 4.79 Å². The summed E-state index contributed by atoms with van der Waals surface area (Å²) < 4.78 is 7.09. The molecule has 1 atom stereocenters. The lowest BCUT2D eigenvalue weighted by Crippen LogP contribution is -2.29. The Bertz CT molecular complexity index is 97.0. The lowest BCUT2D eigenvalue weighted by molar-refractivity contribution is -0.121. The first-order valence-electron chi connectivity index (χ1n) is 3.22. The van der Waals surface area contributed by atoms with Crippen molar-refractivity contribution in [3.05, 3.63) is 0 Å². The van der Waals surface area contributed by atoms with Crippen LogP contribution in [0.25, 0.3) is 0 Å². The summed E-state index contributed by atoms with van der Waals surface area (Å²) in [7, 11) is 0. The molecular formula is C5H12N2O. The highest BCUT2D eigenvalue weighted by Crippen LogP contribution is 1.91. The number of carbonyl (C=O) groups is 1. The van der Waals surface area contributed by atoms with Crippen molar-refractivity contribution < 1.29 is 6.17 Å². The minimum Gasteiger partial charge on any atom is -0.294 e. The molecule has 0 saturated heterocycles. The van der Waals surface area contributed by atoms with Crippen LogP contribution in [0.5, 0.6) is 0 Å². The average Bonchev–Trinajstić information content (AvgIpc) is 1.87. The lowest BCUT2D eigenvalue weighted by Gasteiger charge is -1.93. The molecule has 0 aromatic rings. The fourth-order valence-corrected chi connectivity index (χ4v) is 0.334. The molecule has 3 nitrogen and oxygen atoms in total. The summed E-state index contributed by atoms with van der Waals surface area (Å²) in [6.45, 7) is 1.92. The van der Waals surface area contributed by atoms with E-state index < -0.39 is 12.3 Å². The summed E-state index contributed by atoms with van der Waals surface area (Å²) in [5.41, 5.74) is 1.92. The van der Waals surface area contributed by atoms with Crippen molar-refractivity contribution in [1.29, 1.82) is 0 Å². The Morgan fingerprint density at radius 1 is 2.00 bits per heavy atom. The number of rotatable bonds is 3. The third kappa shape index (κ3) is 3.61. The monoisotopic (exact) mass is 117 g/mol. The molecule has 0 spiro atoms. The van der Waals surface area contributed by atoms with Gasteiger partial charge in [-0.3, -0.25) is 10.2 Å². The fraction of sp³-hybridized carbons (Fsp3) is 0.800. The Balaban J connectivity index is 3.45. The van der Waals surface area contributed by atoms with Gasteiger partial charge in [0.05, 0.1) is 0 Å². The van der Waals surface area contributed by atoms with Crippen molar-refractivity contribution in [2.24, 2.45) is 5.84 Å². The quantitative estimate of drug-likeness (QED) is 0.314. The van der Waals surface area contributed by atoms with Gasteiger partial charge in [-0.2, -0.15) is 0 Å². The van der Waals surface area contributed by atoms with Crippen molar-refractivity contribution in [1.82, 2.24) is 5.43 Å². The lowest BCUT2D eigenvalue weighted by atomic mass is 10.2. The van der Waals surface area contributed by atoms with E-state index in [1.54, 1.807) is 0 Å². The van der Waals surface area contributed by atoms with Gasteiger partial charge in [0.2, 0.25) is 5.91 Å². The highest BCUT2D eigenvalue weighted by atomic mass is 16.2. The largest absolute Gasteiger partial charge is 0.294 e. The normalized spacial score (nSPS) is 14.5. The predicted octanol–water partition coefficient (Wildman–Crippen LogP) is 0.167. The molecule has 0 aromatic carbocycles. The van der Waals surface area contributed by atoms with E-state index in [0.717, 1.165) is 6.42 Å². The van der Waals surface area contributed by atoms with Crippen molar-refractivity contribution in [3.8, 4) is 0 Å². The number of hydrogen-bond acceptors (Lipinski definition) is 2. The van der Waals surface area contributed by atoms with Gasteiger partial charge in [-0.25, -0.2) is 5.84 Å². The Morgan fingerprint density at radius 2 is 2.62 bits per heavy atom. The van der Waals surface area contributed by atoms with Crippen LogP contribution in [0.1, 0.15) is 27.5 Å². The van der Waals surface area contributed by atoms with Gasteiger partial charge < -0.3 is 0 Å². The Kier molecular flexibility index (Phi) is 3.19. The number of nitrogens with one attached hydrogen (secondary N) is 1. The molecule has 48 valence electrons. The smallest absolute Gasteiger partial charge is 0.233 e. The van der Waals surface area contributed by atoms with Gasteiger partial charge in [0.1, 0.15) is 0 Å². The molecule has 0 aliphatic heterocycles. The second kappa shape index (κ2) is 4.59. The van der Waals surface area contributed by atoms with Crippen molar-refractivity contribution in [2.75, 3.05) is 0 Å². The number of hydrogen-bond donors (Lipinski definition) is 2. The van der Waals surface area contributed by atoms with Crippen LogP contribution in [0.4, 0.5) is 0 Å². The zero-order valence-corrected chi connectivity index (χ0v) is 4.98. The second-order valence-electron chi connectivity index (χ2n) is 1.50. The third-order valence-electron chi connectivity index (χ3n) is 0.761. The first kappa shape index (κ1) is 5.56. The molecule has 0 aliphatic carbocycles. The van der Waals surface area contributed by atoms with Crippen LogP contribution >= 0.6 is 0 Å². The molecule has 0 saturated carbocycles. The standard InChI is InChI=1S/C5H12N2O/c1-2-3-4-5(8)7-6/h2-4,6H2,1H3,(H,7,8)/i4D. The third-order valence-corrected chi connectivity index (χ3v) is 0.761. The maximum Gasteiger partial charge on any atom is 0.233 e. The molecule has 3 heteroatoms. The van der Waals surface area contributed by atoms with Crippen LogP contribution < -0.4 is 11.3 Å². The van der Waals surface area contributed by atoms with Crippen molar-refractivity contribution >= 4 is 5.91 Å². The molecule has 1 unspecified atom stereocenters. The SMILES string of the molecule is [2H]C(CCC)C(=O)NN. The molecule has 0 aromatic heterocycles. The van der Waals surface area contributed by atoms with E-state index in [-0.39, 0.29) is 0 Å². The van der Waals surface area contributed by atoms with E-state index in [1.165, 1.54) is 0 Å². The summed E-state index contributed by atoms with van der Waals surface area (Å²) in [6, 6.07) is 0. The summed E-state index contributed by atoms with van der Waals surface area (Å²) in [5, 5.41) is 0. The van der Waals surface area contributed by atoms with Gasteiger partial charge in [-0.1, -0.05) is 13.3 Å². The number of amides is 1. The van der Waals surface area contributed by atoms with E-state index in [0.29, 0.717) is 6.42 Å². The molecule has 0 rings (SSSR count). The summed E-state index contributed by atoms with van der Waals surface area (Å²) >= 11 is 0. The Labute approximate surface area is 50.6 Å². The van der Waals surface area contributed by atoms with E-state index >= 15 is 0 Å². The molecule has 0 fully saturated rings. The minimum absolute atomic E-state index is 0.406. The van der Waals surface area contributed by atoms with Gasteiger partial charge in [0.25, 0.3) is 0 Å². The molecule has 3 N–H and O–H groups in total. The molecule has 0 radical (unpaired) electrons. The molecule has 0 heterocycles. The zero-order chi connectivity index (χ0) is 7.28. The zero-order valence-electron chi connectivity index (χ0n) is 5.98. The van der Waals surface area contributed by atoms with Crippen LogP contribution in [-0.2, 0) is 4.79 Å². The highest BCUT2D eigenvalue weighted by Gasteiger charge is 1.93. The fourth-order valence-electron chi connectivity index (χ4n) is 0.334. The Morgan fingerprint density at radius 3 is 3.00 bits per heavy atom. The topological polar surface area (TPSA) is 55.1 Å². The van der Waals surface area contributed by atoms with Crippen molar-refractivity contribution in [3.63, 3.8) is 0 Å². The van der Waals surface area contributed by atoms with Crippen molar-refractivity contribution in [2.45, 2.75) is 26.2 Å². The summed E-state index contributed by atoms with van der Waals surface area (Å²) in [4.78, 5) is 10.5. The highest BCUT2D eigenvalue weighted by molar-refractivity contribution is 5.74. The van der Waals surface area contributed by atoms with Crippen LogP contribution in [0.2, 0.25) is 0 Å². The summed E-state index contributed by atoms with van der Waals surface area (Å²) in [5.74, 6) is 4.38. The predicted molar refractivity (Wildman–Crippen MR) is 31.9 cm³/mol. The average molecular weight is 117 g/mol. The van der Waals surface area contributed by atoms with Gasteiger partial charge in [0.15, 0.2) is 0 Å². The maximum absolute atomic E-state index is 10.5. The van der Waals surface area contributed by atoms with Crippen LogP contribution in [0.3, 0.4) is 0 Å².